The molecule has 0 aliphatic carbocycles. The Morgan fingerprint density at radius 1 is 0.923 bits per heavy atom. The second-order valence-corrected chi connectivity index (χ2v) is 5.34. The molecule has 2 aromatic rings. The fourth-order valence-corrected chi connectivity index (χ4v) is 2.12. The summed E-state index contributed by atoms with van der Waals surface area (Å²) in [7, 11) is 0. The van der Waals surface area contributed by atoms with Gasteiger partial charge in [0, 0.05) is 6.54 Å². The second kappa shape index (κ2) is 7.67. The Balaban J connectivity index is 1.89. The molecule has 0 aliphatic rings. The molecule has 1 amide bonds. The highest BCUT2D eigenvalue weighted by molar-refractivity contribution is 5.78. The van der Waals surface area contributed by atoms with E-state index in [1.807, 2.05) is 0 Å². The SMILES string of the molecule is O=C(Cc1cccc(C(F)(F)F)c1)NCc1ccc(OC(F)(F)F)cc1. The topological polar surface area (TPSA) is 38.3 Å². The van der Waals surface area contributed by atoms with Crippen LogP contribution >= 0.6 is 0 Å². The van der Waals surface area contributed by atoms with Crippen LogP contribution in [0, 0.1) is 0 Å². The fourth-order valence-electron chi connectivity index (χ4n) is 2.12. The Labute approximate surface area is 144 Å². The van der Waals surface area contributed by atoms with Crippen molar-refractivity contribution in [3.63, 3.8) is 0 Å². The van der Waals surface area contributed by atoms with Crippen molar-refractivity contribution in [2.75, 3.05) is 0 Å². The molecule has 0 saturated heterocycles. The van der Waals surface area contributed by atoms with Gasteiger partial charge in [0.2, 0.25) is 5.91 Å². The molecule has 2 aromatic carbocycles. The molecule has 26 heavy (non-hydrogen) atoms. The summed E-state index contributed by atoms with van der Waals surface area (Å²) < 4.78 is 77.8. The van der Waals surface area contributed by atoms with Gasteiger partial charge >= 0.3 is 12.5 Å². The number of nitrogens with one attached hydrogen (secondary N) is 1. The number of hydrogen-bond acceptors (Lipinski definition) is 2. The summed E-state index contributed by atoms with van der Waals surface area (Å²) in [5.74, 6) is -0.906. The number of ether oxygens (including phenoxy) is 1. The zero-order valence-corrected chi connectivity index (χ0v) is 13.1. The fraction of sp³-hybridized carbons (Fsp3) is 0.235. The molecule has 0 heterocycles. The molecule has 0 saturated carbocycles. The van der Waals surface area contributed by atoms with Crippen molar-refractivity contribution >= 4 is 5.91 Å². The molecule has 0 radical (unpaired) electrons. The van der Waals surface area contributed by atoms with Crippen molar-refractivity contribution < 1.29 is 35.9 Å². The number of carbonyl (C=O) groups excluding carboxylic acids is 1. The van der Waals surface area contributed by atoms with Gasteiger partial charge in [0.15, 0.2) is 0 Å². The Hall–Kier alpha value is -2.71. The molecule has 0 unspecified atom stereocenters. The third-order valence-electron chi connectivity index (χ3n) is 3.27. The average Bonchev–Trinajstić information content (AvgIpc) is 2.52. The van der Waals surface area contributed by atoms with E-state index in [9.17, 15) is 31.1 Å². The molecule has 9 heteroatoms. The van der Waals surface area contributed by atoms with Gasteiger partial charge in [-0.25, -0.2) is 0 Å². The number of halogens is 6. The highest BCUT2D eigenvalue weighted by Crippen LogP contribution is 2.29. The van der Waals surface area contributed by atoms with Gasteiger partial charge in [-0.3, -0.25) is 4.79 Å². The number of carbonyl (C=O) groups is 1. The van der Waals surface area contributed by atoms with E-state index in [0.717, 1.165) is 24.3 Å². The van der Waals surface area contributed by atoms with E-state index >= 15 is 0 Å². The van der Waals surface area contributed by atoms with Crippen molar-refractivity contribution in [1.29, 1.82) is 0 Å². The summed E-state index contributed by atoms with van der Waals surface area (Å²) in [4.78, 5) is 11.8. The maximum Gasteiger partial charge on any atom is 0.573 e. The predicted octanol–water partition coefficient (Wildman–Crippen LogP) is 4.46. The number of alkyl halides is 6. The van der Waals surface area contributed by atoms with E-state index in [1.165, 1.54) is 24.3 Å². The minimum atomic E-state index is -4.79. The zero-order valence-electron chi connectivity index (χ0n) is 13.1. The first-order valence-electron chi connectivity index (χ1n) is 7.30. The summed E-state index contributed by atoms with van der Waals surface area (Å²) in [6.45, 7) is 0.0179. The molecule has 2 rings (SSSR count). The molecule has 140 valence electrons. The largest absolute Gasteiger partial charge is 0.573 e. The normalized spacial score (nSPS) is 11.9. The third kappa shape index (κ3) is 6.30. The lowest BCUT2D eigenvalue weighted by atomic mass is 10.1. The summed E-state index contributed by atoms with van der Waals surface area (Å²) in [6.07, 6.45) is -9.54. The number of amides is 1. The minimum absolute atomic E-state index is 0.0179. The monoisotopic (exact) mass is 377 g/mol. The van der Waals surface area contributed by atoms with Crippen molar-refractivity contribution in [3.05, 3.63) is 65.2 Å². The summed E-state index contributed by atoms with van der Waals surface area (Å²) in [5, 5.41) is 2.49. The summed E-state index contributed by atoms with van der Waals surface area (Å²) in [6, 6.07) is 9.29. The van der Waals surface area contributed by atoms with Crippen LogP contribution in [-0.2, 0) is 23.9 Å². The summed E-state index contributed by atoms with van der Waals surface area (Å²) >= 11 is 0. The minimum Gasteiger partial charge on any atom is -0.406 e. The van der Waals surface area contributed by atoms with Crippen LogP contribution in [0.2, 0.25) is 0 Å². The van der Waals surface area contributed by atoms with E-state index in [-0.39, 0.29) is 18.5 Å². The van der Waals surface area contributed by atoms with Crippen LogP contribution in [0.4, 0.5) is 26.3 Å². The average molecular weight is 377 g/mol. The number of hydrogen-bond donors (Lipinski definition) is 1. The Morgan fingerprint density at radius 2 is 1.58 bits per heavy atom. The number of rotatable bonds is 5. The van der Waals surface area contributed by atoms with Crippen molar-refractivity contribution in [3.8, 4) is 5.75 Å². The molecular weight excluding hydrogens is 364 g/mol. The van der Waals surface area contributed by atoms with E-state index in [0.29, 0.717) is 5.56 Å². The van der Waals surface area contributed by atoms with Crippen LogP contribution in [0.25, 0.3) is 0 Å². The van der Waals surface area contributed by atoms with Crippen LogP contribution in [0.15, 0.2) is 48.5 Å². The van der Waals surface area contributed by atoms with Gasteiger partial charge in [-0.2, -0.15) is 13.2 Å². The lowest BCUT2D eigenvalue weighted by Crippen LogP contribution is -2.24. The second-order valence-electron chi connectivity index (χ2n) is 5.34. The molecule has 0 bridgehead atoms. The molecule has 0 spiro atoms. The van der Waals surface area contributed by atoms with Crippen molar-refractivity contribution in [1.82, 2.24) is 5.32 Å². The molecule has 1 N–H and O–H groups in total. The Bertz CT molecular complexity index is 753. The maximum absolute atomic E-state index is 12.6. The van der Waals surface area contributed by atoms with Gasteiger partial charge in [-0.15, -0.1) is 13.2 Å². The van der Waals surface area contributed by atoms with E-state index in [4.69, 9.17) is 0 Å². The van der Waals surface area contributed by atoms with Gasteiger partial charge < -0.3 is 10.1 Å². The lowest BCUT2D eigenvalue weighted by Gasteiger charge is -2.10. The zero-order chi connectivity index (χ0) is 19.4. The molecule has 0 aliphatic heterocycles. The lowest BCUT2D eigenvalue weighted by molar-refractivity contribution is -0.274. The standard InChI is InChI=1S/C17H13F6NO2/c18-16(19,20)13-3-1-2-12(8-13)9-15(25)24-10-11-4-6-14(7-5-11)26-17(21,22)23/h1-8H,9-10H2,(H,24,25). The van der Waals surface area contributed by atoms with Crippen molar-refractivity contribution in [2.24, 2.45) is 0 Å². The van der Waals surface area contributed by atoms with Crippen LogP contribution in [0.3, 0.4) is 0 Å². The van der Waals surface area contributed by atoms with Crippen LogP contribution < -0.4 is 10.1 Å². The summed E-state index contributed by atoms with van der Waals surface area (Å²) in [5.41, 5.74) is -0.133. The highest BCUT2D eigenvalue weighted by Gasteiger charge is 2.31. The number of benzene rings is 2. The first-order chi connectivity index (χ1) is 12.0. The predicted molar refractivity (Wildman–Crippen MR) is 80.1 cm³/mol. The smallest absolute Gasteiger partial charge is 0.406 e. The molecule has 0 fully saturated rings. The Morgan fingerprint density at radius 3 is 2.15 bits per heavy atom. The maximum atomic E-state index is 12.6. The quantitative estimate of drug-likeness (QED) is 0.782. The first kappa shape index (κ1) is 19.6. The third-order valence-corrected chi connectivity index (χ3v) is 3.27. The van der Waals surface area contributed by atoms with E-state index in [1.54, 1.807) is 0 Å². The van der Waals surface area contributed by atoms with Crippen LogP contribution in [0.1, 0.15) is 16.7 Å². The van der Waals surface area contributed by atoms with Crippen LogP contribution in [0.5, 0.6) is 5.75 Å². The van der Waals surface area contributed by atoms with E-state index < -0.39 is 29.8 Å². The first-order valence-corrected chi connectivity index (χ1v) is 7.30. The van der Waals surface area contributed by atoms with Crippen LogP contribution in [-0.4, -0.2) is 12.3 Å². The van der Waals surface area contributed by atoms with Crippen molar-refractivity contribution in [2.45, 2.75) is 25.5 Å². The van der Waals surface area contributed by atoms with E-state index in [2.05, 4.69) is 10.1 Å². The molecule has 0 aromatic heterocycles. The van der Waals surface area contributed by atoms with Gasteiger partial charge in [-0.05, 0) is 29.3 Å². The Kier molecular flexibility index (Phi) is 5.79. The van der Waals surface area contributed by atoms with Gasteiger partial charge in [0.1, 0.15) is 5.75 Å². The highest BCUT2D eigenvalue weighted by atomic mass is 19.4. The molecular formula is C17H13F6NO2. The van der Waals surface area contributed by atoms with Gasteiger partial charge in [-0.1, -0.05) is 30.3 Å². The van der Waals surface area contributed by atoms with Gasteiger partial charge in [0.25, 0.3) is 0 Å². The molecule has 3 nitrogen and oxygen atoms in total. The van der Waals surface area contributed by atoms with Gasteiger partial charge in [0.05, 0.1) is 12.0 Å². The molecule has 0 atom stereocenters.